The first-order valence-corrected chi connectivity index (χ1v) is 8.02. The predicted molar refractivity (Wildman–Crippen MR) is 84.4 cm³/mol. The minimum Gasteiger partial charge on any atom is -0.351 e. The summed E-state index contributed by atoms with van der Waals surface area (Å²) in [7, 11) is 0. The van der Waals surface area contributed by atoms with Crippen LogP contribution in [-0.4, -0.2) is 26.8 Å². The van der Waals surface area contributed by atoms with Gasteiger partial charge in [-0.15, -0.1) is 11.8 Å². The van der Waals surface area contributed by atoms with Crippen LogP contribution in [0.2, 0.25) is 0 Å². The maximum Gasteiger partial charge on any atom is 0.234 e. The van der Waals surface area contributed by atoms with E-state index in [0.717, 1.165) is 13.0 Å². The van der Waals surface area contributed by atoms with E-state index in [-0.39, 0.29) is 17.2 Å². The maximum absolute atomic E-state index is 12.4. The van der Waals surface area contributed by atoms with Crippen molar-refractivity contribution in [3.63, 3.8) is 0 Å². The van der Waals surface area contributed by atoms with E-state index >= 15 is 0 Å². The minimum absolute atomic E-state index is 0.00737. The molecule has 1 amide bonds. The van der Waals surface area contributed by atoms with Gasteiger partial charge in [0, 0.05) is 29.9 Å². The number of nitrogens with one attached hydrogen (secondary N) is 1. The Morgan fingerprint density at radius 2 is 2.43 bits per heavy atom. The second kappa shape index (κ2) is 5.93. The number of hydrogen-bond acceptors (Lipinski definition) is 3. The molecular weight excluding hydrogens is 282 g/mol. The number of nitrogens with zero attached hydrogens (tertiary/aromatic N) is 2. The zero-order valence-electron chi connectivity index (χ0n) is 12.2. The van der Waals surface area contributed by atoms with Gasteiger partial charge in [0.2, 0.25) is 5.91 Å². The fraction of sp³-hybridized carbons (Fsp3) is 0.375. The van der Waals surface area contributed by atoms with Gasteiger partial charge in [0.15, 0.2) is 0 Å². The normalized spacial score (nSPS) is 18.3. The highest BCUT2D eigenvalue weighted by atomic mass is 32.2. The number of imidazole rings is 1. The molecule has 21 heavy (non-hydrogen) atoms. The molecule has 1 N–H and O–H groups in total. The van der Waals surface area contributed by atoms with E-state index in [2.05, 4.69) is 35.4 Å². The summed E-state index contributed by atoms with van der Waals surface area (Å²) in [5.41, 5.74) is 2.53. The SMILES string of the molecule is Cc1ccc2c(c1)S[C@H](C(=O)N[C@H](C)Cn1ccnc1)C2. The Hall–Kier alpha value is -1.75. The summed E-state index contributed by atoms with van der Waals surface area (Å²) in [6.07, 6.45) is 6.25. The molecule has 0 unspecified atom stereocenters. The third-order valence-corrected chi connectivity index (χ3v) is 4.92. The van der Waals surface area contributed by atoms with Crippen LogP contribution in [-0.2, 0) is 17.8 Å². The second-order valence-electron chi connectivity index (χ2n) is 5.59. The van der Waals surface area contributed by atoms with Crippen LogP contribution in [0.4, 0.5) is 0 Å². The molecule has 0 radical (unpaired) electrons. The number of amides is 1. The number of aromatic nitrogens is 2. The van der Waals surface area contributed by atoms with E-state index in [1.165, 1.54) is 16.0 Å². The fourth-order valence-corrected chi connectivity index (χ4v) is 3.87. The molecule has 0 saturated heterocycles. The number of aryl methyl sites for hydroxylation is 1. The lowest BCUT2D eigenvalue weighted by Gasteiger charge is -2.17. The number of carbonyl (C=O) groups is 1. The molecule has 0 saturated carbocycles. The molecule has 2 aromatic rings. The third kappa shape index (κ3) is 3.29. The predicted octanol–water partition coefficient (Wildman–Crippen LogP) is 2.41. The lowest BCUT2D eigenvalue weighted by atomic mass is 10.1. The van der Waals surface area contributed by atoms with Crippen LogP contribution in [0, 0.1) is 6.92 Å². The topological polar surface area (TPSA) is 46.9 Å². The average Bonchev–Trinajstić information content (AvgIpc) is 3.06. The van der Waals surface area contributed by atoms with Crippen molar-refractivity contribution in [1.29, 1.82) is 0 Å². The number of fused-ring (bicyclic) bond motifs is 1. The first-order chi connectivity index (χ1) is 10.1. The monoisotopic (exact) mass is 301 g/mol. The van der Waals surface area contributed by atoms with Gasteiger partial charge in [0.1, 0.15) is 0 Å². The van der Waals surface area contributed by atoms with Crippen LogP contribution in [0.5, 0.6) is 0 Å². The van der Waals surface area contributed by atoms with Gasteiger partial charge in [-0.25, -0.2) is 4.98 Å². The molecule has 1 aromatic heterocycles. The number of benzene rings is 1. The van der Waals surface area contributed by atoms with Crippen LogP contribution in [0.15, 0.2) is 41.8 Å². The molecule has 3 rings (SSSR count). The Labute approximate surface area is 129 Å². The van der Waals surface area contributed by atoms with Crippen LogP contribution in [0.3, 0.4) is 0 Å². The molecule has 2 atom stereocenters. The molecular formula is C16H19N3OS. The zero-order chi connectivity index (χ0) is 14.8. The molecule has 4 nitrogen and oxygen atoms in total. The minimum atomic E-state index is -0.00737. The van der Waals surface area contributed by atoms with Crippen LogP contribution >= 0.6 is 11.8 Å². The number of rotatable bonds is 4. The molecule has 0 fully saturated rings. The molecule has 1 aromatic carbocycles. The van der Waals surface area contributed by atoms with Gasteiger partial charge < -0.3 is 9.88 Å². The molecule has 1 aliphatic heterocycles. The van der Waals surface area contributed by atoms with Crippen molar-refractivity contribution in [2.45, 2.75) is 43.0 Å². The largest absolute Gasteiger partial charge is 0.351 e. The Balaban J connectivity index is 1.57. The first kappa shape index (κ1) is 14.2. The quantitative estimate of drug-likeness (QED) is 0.943. The van der Waals surface area contributed by atoms with E-state index in [1.807, 2.05) is 17.7 Å². The zero-order valence-corrected chi connectivity index (χ0v) is 13.1. The summed E-state index contributed by atoms with van der Waals surface area (Å²) in [6, 6.07) is 6.52. The smallest absolute Gasteiger partial charge is 0.234 e. The van der Waals surface area contributed by atoms with E-state index in [1.54, 1.807) is 24.3 Å². The summed E-state index contributed by atoms with van der Waals surface area (Å²) in [5.74, 6) is 0.126. The highest BCUT2D eigenvalue weighted by Crippen LogP contribution is 2.37. The number of carbonyl (C=O) groups excluding carboxylic acids is 1. The van der Waals surface area contributed by atoms with Gasteiger partial charge in [0.25, 0.3) is 0 Å². The van der Waals surface area contributed by atoms with Gasteiger partial charge in [-0.05, 0) is 31.9 Å². The van der Waals surface area contributed by atoms with Crippen molar-refractivity contribution in [1.82, 2.24) is 14.9 Å². The van der Waals surface area contributed by atoms with Crippen LogP contribution in [0.25, 0.3) is 0 Å². The Bertz CT molecular complexity index is 639. The fourth-order valence-electron chi connectivity index (χ4n) is 2.57. The molecule has 0 spiro atoms. The van der Waals surface area contributed by atoms with E-state index in [4.69, 9.17) is 0 Å². The highest BCUT2D eigenvalue weighted by molar-refractivity contribution is 8.01. The van der Waals surface area contributed by atoms with E-state index < -0.39 is 0 Å². The second-order valence-corrected chi connectivity index (χ2v) is 6.84. The number of hydrogen-bond donors (Lipinski definition) is 1. The standard InChI is InChI=1S/C16H19N3OS/c1-11-3-4-13-8-15(21-14(13)7-11)16(20)18-12(2)9-19-6-5-17-10-19/h3-7,10,12,15H,8-9H2,1-2H3,(H,18,20)/t12-,15+/m1/s1. The summed E-state index contributed by atoms with van der Waals surface area (Å²) >= 11 is 1.68. The Morgan fingerprint density at radius 1 is 1.57 bits per heavy atom. The lowest BCUT2D eigenvalue weighted by molar-refractivity contribution is -0.121. The van der Waals surface area contributed by atoms with Crippen molar-refractivity contribution in [3.8, 4) is 0 Å². The third-order valence-electron chi connectivity index (χ3n) is 3.62. The highest BCUT2D eigenvalue weighted by Gasteiger charge is 2.28. The summed E-state index contributed by atoms with van der Waals surface area (Å²) in [5, 5.41) is 3.09. The molecule has 0 bridgehead atoms. The number of thioether (sulfide) groups is 1. The molecule has 0 aliphatic carbocycles. The van der Waals surface area contributed by atoms with Gasteiger partial charge in [-0.3, -0.25) is 4.79 Å². The lowest BCUT2D eigenvalue weighted by Crippen LogP contribution is -2.40. The molecule has 2 heterocycles. The van der Waals surface area contributed by atoms with Gasteiger partial charge >= 0.3 is 0 Å². The maximum atomic E-state index is 12.4. The van der Waals surface area contributed by atoms with Crippen LogP contribution < -0.4 is 5.32 Å². The van der Waals surface area contributed by atoms with Crippen molar-refractivity contribution >= 4 is 17.7 Å². The van der Waals surface area contributed by atoms with Crippen molar-refractivity contribution in [3.05, 3.63) is 48.0 Å². The van der Waals surface area contributed by atoms with E-state index in [0.29, 0.717) is 0 Å². The first-order valence-electron chi connectivity index (χ1n) is 7.14. The Kier molecular flexibility index (Phi) is 4.01. The molecule has 110 valence electrons. The van der Waals surface area contributed by atoms with Crippen LogP contribution in [0.1, 0.15) is 18.1 Å². The van der Waals surface area contributed by atoms with Crippen molar-refractivity contribution < 1.29 is 4.79 Å². The molecule has 5 heteroatoms. The summed E-state index contributed by atoms with van der Waals surface area (Å²) < 4.78 is 1.98. The van der Waals surface area contributed by atoms with Gasteiger partial charge in [0.05, 0.1) is 11.6 Å². The van der Waals surface area contributed by atoms with Crippen molar-refractivity contribution in [2.24, 2.45) is 0 Å². The van der Waals surface area contributed by atoms with Gasteiger partial charge in [-0.2, -0.15) is 0 Å². The molecule has 1 aliphatic rings. The van der Waals surface area contributed by atoms with E-state index in [9.17, 15) is 4.79 Å². The average molecular weight is 301 g/mol. The van der Waals surface area contributed by atoms with Crippen molar-refractivity contribution in [2.75, 3.05) is 0 Å². The Morgan fingerprint density at radius 3 is 3.19 bits per heavy atom. The summed E-state index contributed by atoms with van der Waals surface area (Å²) in [4.78, 5) is 17.6. The van der Waals surface area contributed by atoms with Gasteiger partial charge in [-0.1, -0.05) is 17.7 Å². The summed E-state index contributed by atoms with van der Waals surface area (Å²) in [6.45, 7) is 4.85.